The van der Waals surface area contributed by atoms with Crippen molar-refractivity contribution in [3.8, 4) is 11.1 Å². The molecule has 3 N–H and O–H groups in total. The van der Waals surface area contributed by atoms with Crippen molar-refractivity contribution in [2.45, 2.75) is 18.8 Å². The summed E-state index contributed by atoms with van der Waals surface area (Å²) >= 11 is 0. The van der Waals surface area contributed by atoms with Crippen LogP contribution < -0.4 is 16.0 Å². The van der Waals surface area contributed by atoms with Crippen molar-refractivity contribution in [1.29, 1.82) is 0 Å². The first kappa shape index (κ1) is 25.1. The molecule has 38 heavy (non-hydrogen) atoms. The maximum Gasteiger partial charge on any atom is 0.416 e. The van der Waals surface area contributed by atoms with Crippen LogP contribution in [0.2, 0.25) is 0 Å². The number of halogens is 3. The van der Waals surface area contributed by atoms with Crippen LogP contribution in [0.4, 0.5) is 24.8 Å². The van der Waals surface area contributed by atoms with Gasteiger partial charge in [0.05, 0.1) is 18.2 Å². The fourth-order valence-electron chi connectivity index (χ4n) is 4.36. The maximum atomic E-state index is 13.1. The smallest absolute Gasteiger partial charge is 0.347 e. The summed E-state index contributed by atoms with van der Waals surface area (Å²) in [6.07, 6.45) is -1.27. The predicted octanol–water partition coefficient (Wildman–Crippen LogP) is 5.24. The molecule has 3 aromatic carbocycles. The van der Waals surface area contributed by atoms with Gasteiger partial charge < -0.3 is 10.6 Å². The van der Waals surface area contributed by atoms with Gasteiger partial charge in [-0.2, -0.15) is 13.2 Å². The average Bonchev–Trinajstić information content (AvgIpc) is 3.35. The van der Waals surface area contributed by atoms with E-state index >= 15 is 0 Å². The van der Waals surface area contributed by atoms with Gasteiger partial charge in [0, 0.05) is 30.2 Å². The van der Waals surface area contributed by atoms with Crippen molar-refractivity contribution in [2.24, 2.45) is 0 Å². The molecule has 0 aliphatic carbocycles. The van der Waals surface area contributed by atoms with Gasteiger partial charge in [-0.1, -0.05) is 36.4 Å². The SMILES string of the molecule is O=C(Nc1ccc2c(c1)CNC2C(=O)CNc1ncccn1)c1ccccc1-c1ccc(C(F)(F)F)cc1. The summed E-state index contributed by atoms with van der Waals surface area (Å²) in [5.41, 5.74) is 2.84. The second-order valence-corrected chi connectivity index (χ2v) is 8.69. The normalized spacial score (nSPS) is 14.6. The Labute approximate surface area is 216 Å². The molecule has 1 atom stereocenters. The first-order valence-electron chi connectivity index (χ1n) is 11.8. The zero-order valence-electron chi connectivity index (χ0n) is 19.9. The molecule has 7 nitrogen and oxygen atoms in total. The van der Waals surface area contributed by atoms with Crippen molar-refractivity contribution in [3.63, 3.8) is 0 Å². The topological polar surface area (TPSA) is 96.0 Å². The highest BCUT2D eigenvalue weighted by molar-refractivity contribution is 6.08. The highest BCUT2D eigenvalue weighted by Crippen LogP contribution is 2.33. The number of alkyl halides is 3. The van der Waals surface area contributed by atoms with Crippen molar-refractivity contribution < 1.29 is 22.8 Å². The number of hydrogen-bond acceptors (Lipinski definition) is 6. The number of anilines is 2. The Morgan fingerprint density at radius 1 is 0.947 bits per heavy atom. The Balaban J connectivity index is 1.29. The second-order valence-electron chi connectivity index (χ2n) is 8.69. The minimum absolute atomic E-state index is 0.0559. The molecule has 1 unspecified atom stereocenters. The van der Waals surface area contributed by atoms with Gasteiger partial charge in [-0.3, -0.25) is 14.9 Å². The molecule has 4 aromatic rings. The summed E-state index contributed by atoms with van der Waals surface area (Å²) in [7, 11) is 0. The van der Waals surface area contributed by atoms with Gasteiger partial charge in [-0.15, -0.1) is 0 Å². The molecule has 0 fully saturated rings. The van der Waals surface area contributed by atoms with E-state index in [9.17, 15) is 22.8 Å². The van der Waals surface area contributed by atoms with Crippen molar-refractivity contribution in [3.05, 3.63) is 107 Å². The third kappa shape index (κ3) is 5.40. The van der Waals surface area contributed by atoms with Crippen molar-refractivity contribution in [2.75, 3.05) is 17.2 Å². The highest BCUT2D eigenvalue weighted by atomic mass is 19.4. The number of ketones is 1. The molecule has 0 spiro atoms. The van der Waals surface area contributed by atoms with E-state index in [1.807, 2.05) is 6.07 Å². The molecule has 1 aliphatic rings. The van der Waals surface area contributed by atoms with Crippen molar-refractivity contribution >= 4 is 23.3 Å². The molecular formula is C28H22F3N5O2. The lowest BCUT2D eigenvalue weighted by molar-refractivity contribution is -0.137. The van der Waals surface area contributed by atoms with Gasteiger partial charge in [-0.05, 0) is 58.7 Å². The predicted molar refractivity (Wildman–Crippen MR) is 136 cm³/mol. The van der Waals surface area contributed by atoms with Crippen LogP contribution in [0.15, 0.2) is 85.2 Å². The first-order chi connectivity index (χ1) is 18.3. The zero-order valence-corrected chi connectivity index (χ0v) is 19.9. The lowest BCUT2D eigenvalue weighted by atomic mass is 9.97. The Morgan fingerprint density at radius 2 is 1.68 bits per heavy atom. The minimum atomic E-state index is -4.44. The third-order valence-corrected chi connectivity index (χ3v) is 6.21. The quantitative estimate of drug-likeness (QED) is 0.310. The van der Waals surface area contributed by atoms with Gasteiger partial charge in [0.25, 0.3) is 5.91 Å². The molecule has 1 aliphatic heterocycles. The van der Waals surface area contributed by atoms with Crippen LogP contribution in [0.25, 0.3) is 11.1 Å². The van der Waals surface area contributed by atoms with Crippen LogP contribution in [0.1, 0.15) is 33.1 Å². The minimum Gasteiger partial charge on any atom is -0.347 e. The van der Waals surface area contributed by atoms with E-state index in [-0.39, 0.29) is 12.3 Å². The van der Waals surface area contributed by atoms with Crippen LogP contribution in [0.5, 0.6) is 0 Å². The van der Waals surface area contributed by atoms with E-state index in [2.05, 4.69) is 25.9 Å². The molecule has 1 amide bonds. The Hall–Kier alpha value is -4.57. The maximum absolute atomic E-state index is 13.1. The molecule has 1 aromatic heterocycles. The second kappa shape index (κ2) is 10.4. The number of carbonyl (C=O) groups is 2. The third-order valence-electron chi connectivity index (χ3n) is 6.21. The van der Waals surface area contributed by atoms with E-state index in [1.54, 1.807) is 54.9 Å². The van der Waals surface area contributed by atoms with Gasteiger partial charge in [0.2, 0.25) is 5.95 Å². The van der Waals surface area contributed by atoms with E-state index in [1.165, 1.54) is 12.1 Å². The molecule has 0 bridgehead atoms. The van der Waals surface area contributed by atoms with Gasteiger partial charge >= 0.3 is 6.18 Å². The number of nitrogens with zero attached hydrogens (tertiary/aromatic N) is 2. The summed E-state index contributed by atoms with van der Waals surface area (Å²) in [5, 5.41) is 8.97. The molecule has 0 radical (unpaired) electrons. The Morgan fingerprint density at radius 3 is 2.42 bits per heavy atom. The summed E-state index contributed by atoms with van der Waals surface area (Å²) < 4.78 is 38.8. The molecule has 10 heteroatoms. The summed E-state index contributed by atoms with van der Waals surface area (Å²) in [6.45, 7) is 0.514. The molecular weight excluding hydrogens is 495 g/mol. The van der Waals surface area contributed by atoms with Crippen molar-refractivity contribution in [1.82, 2.24) is 15.3 Å². The number of carbonyl (C=O) groups excluding carboxylic acids is 2. The first-order valence-corrected chi connectivity index (χ1v) is 11.8. The van der Waals surface area contributed by atoms with Crippen LogP contribution in [0.3, 0.4) is 0 Å². The Bertz CT molecular complexity index is 1470. The summed E-state index contributed by atoms with van der Waals surface area (Å²) in [4.78, 5) is 34.0. The number of nitrogens with one attached hydrogen (secondary N) is 3. The number of aromatic nitrogens is 2. The number of rotatable bonds is 7. The van der Waals surface area contributed by atoms with Crippen LogP contribution in [0, 0.1) is 0 Å². The van der Waals surface area contributed by atoms with E-state index in [4.69, 9.17) is 0 Å². The van der Waals surface area contributed by atoms with Gasteiger partial charge in [0.1, 0.15) is 0 Å². The monoisotopic (exact) mass is 517 g/mol. The van der Waals surface area contributed by atoms with E-state index < -0.39 is 23.7 Å². The number of hydrogen-bond donors (Lipinski definition) is 3. The molecule has 192 valence electrons. The zero-order chi connectivity index (χ0) is 26.7. The molecule has 5 rings (SSSR count). The fraction of sp³-hybridized carbons (Fsp3) is 0.143. The highest BCUT2D eigenvalue weighted by Gasteiger charge is 2.30. The van der Waals surface area contributed by atoms with Gasteiger partial charge in [-0.25, -0.2) is 9.97 Å². The van der Waals surface area contributed by atoms with Crippen LogP contribution in [-0.2, 0) is 17.5 Å². The fourth-order valence-corrected chi connectivity index (χ4v) is 4.36. The number of amides is 1. The Kier molecular flexibility index (Phi) is 6.89. The number of benzene rings is 3. The van der Waals surface area contributed by atoms with Crippen LogP contribution >= 0.6 is 0 Å². The number of Topliss-reactive ketones (excluding diaryl/α,β-unsaturated/α-hetero) is 1. The van der Waals surface area contributed by atoms with E-state index in [0.29, 0.717) is 34.9 Å². The average molecular weight is 518 g/mol. The molecule has 0 saturated carbocycles. The standard InChI is InChI=1S/C28H22F3N5O2/c29-28(30,31)19-8-6-17(7-9-19)21-4-1-2-5-23(21)26(38)36-20-10-11-22-18(14-20)15-34-25(22)24(37)16-35-27-32-12-3-13-33-27/h1-14,25,34H,15-16H2,(H,36,38)(H,32,33,35). The lowest BCUT2D eigenvalue weighted by Gasteiger charge is -2.14. The number of fused-ring (bicyclic) bond motifs is 1. The van der Waals surface area contributed by atoms with Gasteiger partial charge in [0.15, 0.2) is 5.78 Å². The summed E-state index contributed by atoms with van der Waals surface area (Å²) in [6, 6.07) is 17.9. The molecule has 2 heterocycles. The largest absolute Gasteiger partial charge is 0.416 e. The lowest BCUT2D eigenvalue weighted by Crippen LogP contribution is -2.28. The van der Waals surface area contributed by atoms with E-state index in [0.717, 1.165) is 23.3 Å². The molecule has 0 saturated heterocycles. The summed E-state index contributed by atoms with van der Waals surface area (Å²) in [5.74, 6) is -0.0988. The van der Waals surface area contributed by atoms with Crippen LogP contribution in [-0.4, -0.2) is 28.2 Å².